The first-order valence-electron chi connectivity index (χ1n) is 10.6. The average Bonchev–Trinajstić information content (AvgIpc) is 3.03. The number of rotatable bonds is 6. The predicted octanol–water partition coefficient (Wildman–Crippen LogP) is 4.87. The molecule has 1 amide bonds. The molecule has 1 fully saturated rings. The van der Waals surface area contributed by atoms with Crippen molar-refractivity contribution in [2.24, 2.45) is 0 Å². The van der Waals surface area contributed by atoms with E-state index in [0.29, 0.717) is 18.0 Å². The molecule has 32 heavy (non-hydrogen) atoms. The van der Waals surface area contributed by atoms with Crippen LogP contribution in [0.25, 0.3) is 11.1 Å². The van der Waals surface area contributed by atoms with Gasteiger partial charge in [-0.05, 0) is 60.2 Å². The third-order valence-electron chi connectivity index (χ3n) is 5.67. The standard InChI is InChI=1S/C25H25ClN2O3S/c26-22-13-15-23(16-14-22)32(30,31)28(24-8-4-5-17-27-25(24)29)18-19-9-11-21(12-10-19)20-6-2-1-3-7-20/h1-3,6-7,9-16,24H,4-5,8,17-18H2,(H,27,29). The van der Waals surface area contributed by atoms with Crippen molar-refractivity contribution in [1.82, 2.24) is 9.62 Å². The Hall–Kier alpha value is -2.67. The number of halogens is 1. The van der Waals surface area contributed by atoms with Crippen LogP contribution < -0.4 is 5.32 Å². The second-order valence-corrected chi connectivity index (χ2v) is 10.2. The van der Waals surface area contributed by atoms with Gasteiger partial charge in [-0.1, -0.05) is 66.2 Å². The zero-order valence-corrected chi connectivity index (χ0v) is 19.1. The highest BCUT2D eigenvalue weighted by atomic mass is 35.5. The van der Waals surface area contributed by atoms with Gasteiger partial charge in [-0.2, -0.15) is 4.31 Å². The summed E-state index contributed by atoms with van der Waals surface area (Å²) in [5.74, 6) is -0.249. The van der Waals surface area contributed by atoms with Crippen LogP contribution in [0.3, 0.4) is 0 Å². The van der Waals surface area contributed by atoms with Crippen LogP contribution in [0.15, 0.2) is 83.8 Å². The Morgan fingerprint density at radius 2 is 1.53 bits per heavy atom. The highest BCUT2D eigenvalue weighted by molar-refractivity contribution is 7.89. The molecular weight excluding hydrogens is 444 g/mol. The maximum atomic E-state index is 13.6. The Kier molecular flexibility index (Phi) is 6.94. The molecule has 1 saturated heterocycles. The lowest BCUT2D eigenvalue weighted by atomic mass is 10.0. The van der Waals surface area contributed by atoms with Crippen molar-refractivity contribution in [3.8, 4) is 11.1 Å². The maximum absolute atomic E-state index is 13.6. The second-order valence-electron chi connectivity index (χ2n) is 7.87. The number of hydrogen-bond acceptors (Lipinski definition) is 3. The minimum Gasteiger partial charge on any atom is -0.355 e. The summed E-state index contributed by atoms with van der Waals surface area (Å²) in [6.45, 7) is 0.675. The lowest BCUT2D eigenvalue weighted by molar-refractivity contribution is -0.124. The molecule has 1 atom stereocenters. The highest BCUT2D eigenvalue weighted by Gasteiger charge is 2.36. The molecule has 1 aliphatic heterocycles. The second kappa shape index (κ2) is 9.86. The monoisotopic (exact) mass is 468 g/mol. The van der Waals surface area contributed by atoms with E-state index in [4.69, 9.17) is 11.6 Å². The number of nitrogens with zero attached hydrogens (tertiary/aromatic N) is 1. The average molecular weight is 469 g/mol. The van der Waals surface area contributed by atoms with Crippen molar-refractivity contribution < 1.29 is 13.2 Å². The molecular formula is C25H25ClN2O3S. The molecule has 1 N–H and O–H groups in total. The lowest BCUT2D eigenvalue weighted by Gasteiger charge is -2.29. The van der Waals surface area contributed by atoms with E-state index in [1.807, 2.05) is 54.6 Å². The van der Waals surface area contributed by atoms with Crippen LogP contribution >= 0.6 is 11.6 Å². The molecule has 0 aliphatic carbocycles. The molecule has 4 rings (SSSR count). The number of sulfonamides is 1. The van der Waals surface area contributed by atoms with Gasteiger partial charge >= 0.3 is 0 Å². The van der Waals surface area contributed by atoms with Crippen molar-refractivity contribution >= 4 is 27.5 Å². The smallest absolute Gasteiger partial charge is 0.244 e. The van der Waals surface area contributed by atoms with Gasteiger partial charge in [-0.15, -0.1) is 0 Å². The highest BCUT2D eigenvalue weighted by Crippen LogP contribution is 2.27. The Bertz CT molecular complexity index is 1160. The van der Waals surface area contributed by atoms with Crippen molar-refractivity contribution in [1.29, 1.82) is 0 Å². The summed E-state index contributed by atoms with van der Waals surface area (Å²) in [6, 6.07) is 23.1. The normalized spacial score (nSPS) is 17.1. The molecule has 0 radical (unpaired) electrons. The first-order chi connectivity index (χ1) is 15.4. The summed E-state index contributed by atoms with van der Waals surface area (Å²) >= 11 is 5.96. The quantitative estimate of drug-likeness (QED) is 0.561. The van der Waals surface area contributed by atoms with Gasteiger partial charge in [0, 0.05) is 18.1 Å². The van der Waals surface area contributed by atoms with Gasteiger partial charge < -0.3 is 5.32 Å². The fourth-order valence-corrected chi connectivity index (χ4v) is 5.65. The third kappa shape index (κ3) is 5.04. The molecule has 0 saturated carbocycles. The van der Waals surface area contributed by atoms with E-state index in [-0.39, 0.29) is 17.3 Å². The van der Waals surface area contributed by atoms with E-state index in [0.717, 1.165) is 29.5 Å². The molecule has 1 unspecified atom stereocenters. The fraction of sp³-hybridized carbons (Fsp3) is 0.240. The minimum atomic E-state index is -3.91. The molecule has 5 nitrogen and oxygen atoms in total. The van der Waals surface area contributed by atoms with E-state index in [9.17, 15) is 13.2 Å². The van der Waals surface area contributed by atoms with Crippen LogP contribution in [-0.2, 0) is 21.4 Å². The van der Waals surface area contributed by atoms with Crippen molar-refractivity contribution in [2.75, 3.05) is 6.54 Å². The Morgan fingerprint density at radius 1 is 0.875 bits per heavy atom. The van der Waals surface area contributed by atoms with Gasteiger partial charge in [0.1, 0.15) is 6.04 Å². The van der Waals surface area contributed by atoms with Crippen molar-refractivity contribution in [3.63, 3.8) is 0 Å². The largest absolute Gasteiger partial charge is 0.355 e. The number of nitrogens with one attached hydrogen (secondary N) is 1. The fourth-order valence-electron chi connectivity index (χ4n) is 3.92. The summed E-state index contributed by atoms with van der Waals surface area (Å²) < 4.78 is 28.5. The summed E-state index contributed by atoms with van der Waals surface area (Å²) in [6.07, 6.45) is 2.10. The molecule has 7 heteroatoms. The Balaban J connectivity index is 1.67. The van der Waals surface area contributed by atoms with E-state index < -0.39 is 16.1 Å². The maximum Gasteiger partial charge on any atom is 0.244 e. The van der Waals surface area contributed by atoms with Gasteiger partial charge in [0.05, 0.1) is 4.90 Å². The number of hydrogen-bond donors (Lipinski definition) is 1. The van der Waals surface area contributed by atoms with Crippen LogP contribution in [0.4, 0.5) is 0 Å². The van der Waals surface area contributed by atoms with Gasteiger partial charge in [0.25, 0.3) is 0 Å². The van der Waals surface area contributed by atoms with Gasteiger partial charge in [-0.3, -0.25) is 4.79 Å². The minimum absolute atomic E-state index is 0.109. The number of amides is 1. The summed E-state index contributed by atoms with van der Waals surface area (Å²) in [4.78, 5) is 12.9. The van der Waals surface area contributed by atoms with Crippen LogP contribution in [0.2, 0.25) is 5.02 Å². The lowest BCUT2D eigenvalue weighted by Crippen LogP contribution is -2.48. The van der Waals surface area contributed by atoms with Gasteiger partial charge in [0.15, 0.2) is 0 Å². The molecule has 0 aromatic heterocycles. The zero-order valence-electron chi connectivity index (χ0n) is 17.6. The van der Waals surface area contributed by atoms with Crippen LogP contribution in [0.5, 0.6) is 0 Å². The molecule has 1 aliphatic rings. The van der Waals surface area contributed by atoms with Crippen molar-refractivity contribution in [2.45, 2.75) is 36.7 Å². The van der Waals surface area contributed by atoms with Crippen molar-refractivity contribution in [3.05, 3.63) is 89.4 Å². The Morgan fingerprint density at radius 3 is 2.22 bits per heavy atom. The van der Waals surface area contributed by atoms with Crippen LogP contribution in [0.1, 0.15) is 24.8 Å². The summed E-state index contributed by atoms with van der Waals surface area (Å²) in [5.41, 5.74) is 2.96. The zero-order chi connectivity index (χ0) is 22.6. The SMILES string of the molecule is O=C1NCCCCC1N(Cc1ccc(-c2ccccc2)cc1)S(=O)(=O)c1ccc(Cl)cc1. The molecule has 0 spiro atoms. The molecule has 1 heterocycles. The topological polar surface area (TPSA) is 66.5 Å². The third-order valence-corrected chi connectivity index (χ3v) is 7.79. The number of benzene rings is 3. The molecule has 3 aromatic carbocycles. The molecule has 0 bridgehead atoms. The summed E-state index contributed by atoms with van der Waals surface area (Å²) in [7, 11) is -3.91. The molecule has 3 aromatic rings. The number of carbonyl (C=O) groups is 1. The Labute approximate surface area is 194 Å². The van der Waals surface area contributed by atoms with E-state index in [1.165, 1.54) is 16.4 Å². The summed E-state index contributed by atoms with van der Waals surface area (Å²) in [5, 5.41) is 3.32. The van der Waals surface area contributed by atoms with Gasteiger partial charge in [-0.25, -0.2) is 8.42 Å². The first kappa shape index (κ1) is 22.5. The van der Waals surface area contributed by atoms with Crippen LogP contribution in [-0.4, -0.2) is 31.2 Å². The van der Waals surface area contributed by atoms with E-state index in [2.05, 4.69) is 5.32 Å². The van der Waals surface area contributed by atoms with E-state index in [1.54, 1.807) is 12.1 Å². The molecule has 166 valence electrons. The van der Waals surface area contributed by atoms with Gasteiger partial charge in [0.2, 0.25) is 15.9 Å². The van der Waals surface area contributed by atoms with Crippen LogP contribution in [0, 0.1) is 0 Å². The van der Waals surface area contributed by atoms with E-state index >= 15 is 0 Å². The predicted molar refractivity (Wildman–Crippen MR) is 127 cm³/mol. The first-order valence-corrected chi connectivity index (χ1v) is 12.5. The number of carbonyl (C=O) groups excluding carboxylic acids is 1.